The number of benzene rings is 1. The van der Waals surface area contributed by atoms with Crippen molar-refractivity contribution in [1.29, 1.82) is 0 Å². The van der Waals surface area contributed by atoms with Crippen LogP contribution in [0, 0.1) is 0 Å². The molecule has 0 N–H and O–H groups in total. The minimum atomic E-state index is 0.135. The van der Waals surface area contributed by atoms with Crippen LogP contribution in [0.1, 0.15) is 24.2 Å². The van der Waals surface area contributed by atoms with Crippen molar-refractivity contribution in [2.75, 3.05) is 53.6 Å². The zero-order chi connectivity index (χ0) is 19.1. The highest BCUT2D eigenvalue weighted by molar-refractivity contribution is 5.46. The molecule has 0 aliphatic carbocycles. The molecule has 0 bridgehead atoms. The molecular formula is C20H29N3O4. The van der Waals surface area contributed by atoms with Crippen LogP contribution in [0.2, 0.25) is 0 Å². The summed E-state index contributed by atoms with van der Waals surface area (Å²) >= 11 is 0. The number of nitrogens with zero attached hydrogens (tertiary/aromatic N) is 3. The molecule has 7 nitrogen and oxygen atoms in total. The van der Waals surface area contributed by atoms with Crippen LogP contribution in [0.3, 0.4) is 0 Å². The second kappa shape index (κ2) is 9.73. The molecule has 0 radical (unpaired) electrons. The Labute approximate surface area is 160 Å². The van der Waals surface area contributed by atoms with Gasteiger partial charge in [0.25, 0.3) is 0 Å². The van der Waals surface area contributed by atoms with E-state index in [1.807, 2.05) is 18.2 Å². The van der Waals surface area contributed by atoms with E-state index >= 15 is 0 Å². The number of para-hydroxylation sites is 1. The Hall–Kier alpha value is -2.09. The first-order chi connectivity index (χ1) is 13.2. The molecule has 1 aromatic heterocycles. The van der Waals surface area contributed by atoms with E-state index in [1.54, 1.807) is 13.4 Å². The lowest BCUT2D eigenvalue weighted by atomic mass is 10.1. The van der Waals surface area contributed by atoms with Crippen molar-refractivity contribution in [3.8, 4) is 11.5 Å². The van der Waals surface area contributed by atoms with Crippen molar-refractivity contribution in [2.24, 2.45) is 0 Å². The summed E-state index contributed by atoms with van der Waals surface area (Å²) in [5, 5.41) is 4.05. The monoisotopic (exact) mass is 375 g/mol. The van der Waals surface area contributed by atoms with Gasteiger partial charge in [0.15, 0.2) is 11.5 Å². The number of hydrogen-bond acceptors (Lipinski definition) is 7. The van der Waals surface area contributed by atoms with E-state index in [4.69, 9.17) is 18.7 Å². The summed E-state index contributed by atoms with van der Waals surface area (Å²) in [6.07, 6.45) is 1.60. The van der Waals surface area contributed by atoms with Crippen molar-refractivity contribution < 1.29 is 18.7 Å². The van der Waals surface area contributed by atoms with Gasteiger partial charge in [-0.3, -0.25) is 9.80 Å². The molecule has 1 atom stereocenters. The summed E-state index contributed by atoms with van der Waals surface area (Å²) < 4.78 is 22.1. The fourth-order valence-electron chi connectivity index (χ4n) is 3.18. The van der Waals surface area contributed by atoms with Crippen LogP contribution in [0.25, 0.3) is 0 Å². The first kappa shape index (κ1) is 19.7. The van der Waals surface area contributed by atoms with Gasteiger partial charge in [-0.2, -0.15) is 0 Å². The molecule has 1 fully saturated rings. The number of aromatic nitrogens is 1. The van der Waals surface area contributed by atoms with Crippen LogP contribution >= 0.6 is 0 Å². The summed E-state index contributed by atoms with van der Waals surface area (Å²) in [6, 6.07) is 8.05. The third-order valence-electron chi connectivity index (χ3n) is 5.00. The minimum Gasteiger partial charge on any atom is -0.493 e. The predicted octanol–water partition coefficient (Wildman–Crippen LogP) is 2.59. The Bertz CT molecular complexity index is 687. The quantitative estimate of drug-likeness (QED) is 0.668. The normalized spacial score (nSPS) is 16.4. The maximum Gasteiger partial charge on any atom is 0.165 e. The Morgan fingerprint density at radius 3 is 2.78 bits per heavy atom. The van der Waals surface area contributed by atoms with Gasteiger partial charge in [-0.05, 0) is 20.0 Å². The molecule has 2 heterocycles. The fraction of sp³-hybridized carbons (Fsp3) is 0.550. The first-order valence-electron chi connectivity index (χ1n) is 9.38. The van der Waals surface area contributed by atoms with Crippen LogP contribution in [0.4, 0.5) is 0 Å². The molecule has 1 aliphatic heterocycles. The van der Waals surface area contributed by atoms with Gasteiger partial charge in [0, 0.05) is 37.8 Å². The molecule has 148 valence electrons. The molecule has 0 unspecified atom stereocenters. The minimum absolute atomic E-state index is 0.135. The summed E-state index contributed by atoms with van der Waals surface area (Å²) in [4.78, 5) is 4.57. The lowest BCUT2D eigenvalue weighted by molar-refractivity contribution is 0.0320. The average Bonchev–Trinajstić information content (AvgIpc) is 3.24. The third kappa shape index (κ3) is 5.22. The highest BCUT2D eigenvalue weighted by atomic mass is 16.5. The SMILES string of the molecule is COc1cccc(CN(C)[C@H](C)c2ccon2)c1OCCN1CCOCC1. The lowest BCUT2D eigenvalue weighted by Crippen LogP contribution is -2.38. The molecular weight excluding hydrogens is 346 g/mol. The molecule has 1 aliphatic rings. The van der Waals surface area contributed by atoms with Crippen molar-refractivity contribution >= 4 is 0 Å². The van der Waals surface area contributed by atoms with Crippen LogP contribution < -0.4 is 9.47 Å². The predicted molar refractivity (Wildman–Crippen MR) is 102 cm³/mol. The molecule has 1 aromatic carbocycles. The highest BCUT2D eigenvalue weighted by Gasteiger charge is 2.19. The summed E-state index contributed by atoms with van der Waals surface area (Å²) in [7, 11) is 3.74. The fourth-order valence-corrected chi connectivity index (χ4v) is 3.18. The summed E-state index contributed by atoms with van der Waals surface area (Å²) in [5.74, 6) is 1.57. The Balaban J connectivity index is 1.65. The Morgan fingerprint density at radius 1 is 1.26 bits per heavy atom. The van der Waals surface area contributed by atoms with Gasteiger partial charge in [-0.1, -0.05) is 17.3 Å². The highest BCUT2D eigenvalue weighted by Crippen LogP contribution is 2.33. The molecule has 1 saturated heterocycles. The van der Waals surface area contributed by atoms with Crippen LogP contribution in [-0.2, 0) is 11.3 Å². The third-order valence-corrected chi connectivity index (χ3v) is 5.00. The van der Waals surface area contributed by atoms with Crippen LogP contribution in [0.5, 0.6) is 11.5 Å². The van der Waals surface area contributed by atoms with Gasteiger partial charge in [-0.15, -0.1) is 0 Å². The van der Waals surface area contributed by atoms with Gasteiger partial charge >= 0.3 is 0 Å². The van der Waals surface area contributed by atoms with E-state index in [0.717, 1.165) is 62.1 Å². The molecule has 27 heavy (non-hydrogen) atoms. The largest absolute Gasteiger partial charge is 0.493 e. The summed E-state index contributed by atoms with van der Waals surface area (Å²) in [6.45, 7) is 7.84. The lowest BCUT2D eigenvalue weighted by Gasteiger charge is -2.27. The van der Waals surface area contributed by atoms with E-state index in [9.17, 15) is 0 Å². The second-order valence-corrected chi connectivity index (χ2v) is 6.77. The van der Waals surface area contributed by atoms with Crippen LogP contribution in [0.15, 0.2) is 35.1 Å². The van der Waals surface area contributed by atoms with Crippen molar-refractivity contribution in [2.45, 2.75) is 19.5 Å². The van der Waals surface area contributed by atoms with Gasteiger partial charge in [0.1, 0.15) is 18.6 Å². The number of hydrogen-bond donors (Lipinski definition) is 0. The maximum atomic E-state index is 6.16. The number of rotatable bonds is 9. The molecule has 0 amide bonds. The maximum absolute atomic E-state index is 6.16. The first-order valence-corrected chi connectivity index (χ1v) is 9.38. The number of ether oxygens (including phenoxy) is 3. The second-order valence-electron chi connectivity index (χ2n) is 6.77. The Kier molecular flexibility index (Phi) is 7.09. The molecule has 0 spiro atoms. The average molecular weight is 375 g/mol. The van der Waals surface area contributed by atoms with E-state index in [-0.39, 0.29) is 6.04 Å². The van der Waals surface area contributed by atoms with E-state index in [1.165, 1.54) is 0 Å². The van der Waals surface area contributed by atoms with Gasteiger partial charge in [0.2, 0.25) is 0 Å². The zero-order valence-electron chi connectivity index (χ0n) is 16.4. The summed E-state index contributed by atoms with van der Waals surface area (Å²) in [5.41, 5.74) is 2.00. The smallest absolute Gasteiger partial charge is 0.165 e. The molecule has 3 rings (SSSR count). The number of morpholine rings is 1. The Morgan fingerprint density at radius 2 is 2.07 bits per heavy atom. The van der Waals surface area contributed by atoms with E-state index in [0.29, 0.717) is 6.61 Å². The van der Waals surface area contributed by atoms with Gasteiger partial charge in [-0.25, -0.2) is 0 Å². The van der Waals surface area contributed by atoms with Crippen molar-refractivity contribution in [1.82, 2.24) is 15.0 Å². The molecule has 7 heteroatoms. The van der Waals surface area contributed by atoms with Gasteiger partial charge < -0.3 is 18.7 Å². The van der Waals surface area contributed by atoms with E-state index < -0.39 is 0 Å². The standard InChI is InChI=1S/C20H29N3O4/c1-16(18-7-11-27-21-18)22(2)15-17-5-4-6-19(24-3)20(17)26-14-10-23-8-12-25-13-9-23/h4-7,11,16H,8-10,12-15H2,1-3H3/t16-/m1/s1. The van der Waals surface area contributed by atoms with E-state index in [2.05, 4.69) is 35.0 Å². The zero-order valence-corrected chi connectivity index (χ0v) is 16.4. The van der Waals surface area contributed by atoms with Crippen molar-refractivity contribution in [3.63, 3.8) is 0 Å². The number of methoxy groups -OCH3 is 1. The van der Waals surface area contributed by atoms with Crippen LogP contribution in [-0.4, -0.2) is 68.6 Å². The van der Waals surface area contributed by atoms with Crippen molar-refractivity contribution in [3.05, 3.63) is 41.8 Å². The molecule has 2 aromatic rings. The molecule has 0 saturated carbocycles. The topological polar surface area (TPSA) is 60.2 Å². The van der Waals surface area contributed by atoms with Gasteiger partial charge in [0.05, 0.1) is 26.4 Å².